The zero-order valence-electron chi connectivity index (χ0n) is 11.2. The summed E-state index contributed by atoms with van der Waals surface area (Å²) >= 11 is 0. The van der Waals surface area contributed by atoms with Crippen LogP contribution < -0.4 is 5.32 Å². The van der Waals surface area contributed by atoms with Gasteiger partial charge >= 0.3 is 0 Å². The summed E-state index contributed by atoms with van der Waals surface area (Å²) in [6.07, 6.45) is 3.08. The number of nitrogens with zero attached hydrogens (tertiary/aromatic N) is 1. The molecular weight excluding hydrogens is 256 g/mol. The fourth-order valence-electron chi connectivity index (χ4n) is 1.72. The van der Waals surface area contributed by atoms with Crippen LogP contribution in [-0.2, 0) is 4.79 Å². The molecule has 0 spiro atoms. The number of benzene rings is 1. The van der Waals surface area contributed by atoms with Crippen LogP contribution in [0.3, 0.4) is 0 Å². The number of carbonyl (C=O) groups excluding carboxylic acids is 2. The Balaban J connectivity index is 1.80. The van der Waals surface area contributed by atoms with Gasteiger partial charge in [0.15, 0.2) is 0 Å². The van der Waals surface area contributed by atoms with Gasteiger partial charge in [0.2, 0.25) is 5.91 Å². The summed E-state index contributed by atoms with van der Waals surface area (Å²) in [6, 6.07) is 10.8. The first kappa shape index (κ1) is 13.9. The van der Waals surface area contributed by atoms with Crippen LogP contribution in [0.4, 0.5) is 5.69 Å². The average molecular weight is 272 g/mol. The molecule has 0 radical (unpaired) electrons. The minimum atomic E-state index is -0.161. The number of carbonyl (C=O) groups is 2. The van der Waals surface area contributed by atoms with Crippen LogP contribution in [0.15, 0.2) is 53.3 Å². The third-order valence-corrected chi connectivity index (χ3v) is 2.85. The number of furan rings is 1. The van der Waals surface area contributed by atoms with Gasteiger partial charge in [-0.1, -0.05) is 18.2 Å². The van der Waals surface area contributed by atoms with E-state index in [0.717, 1.165) is 5.69 Å². The molecule has 5 heteroatoms. The van der Waals surface area contributed by atoms with E-state index in [9.17, 15) is 9.59 Å². The third-order valence-electron chi connectivity index (χ3n) is 2.85. The lowest BCUT2D eigenvalue weighted by Crippen LogP contribution is -2.30. The Hall–Kier alpha value is -2.56. The van der Waals surface area contributed by atoms with Gasteiger partial charge < -0.3 is 14.6 Å². The van der Waals surface area contributed by atoms with Gasteiger partial charge in [-0.2, -0.15) is 0 Å². The summed E-state index contributed by atoms with van der Waals surface area (Å²) in [5.41, 5.74) is 1.23. The van der Waals surface area contributed by atoms with Crippen LogP contribution in [0, 0.1) is 0 Å². The summed E-state index contributed by atoms with van der Waals surface area (Å²) < 4.78 is 4.86. The Bertz CT molecular complexity index is 564. The van der Waals surface area contributed by atoms with E-state index in [1.807, 2.05) is 30.3 Å². The van der Waals surface area contributed by atoms with Crippen LogP contribution in [-0.4, -0.2) is 30.3 Å². The van der Waals surface area contributed by atoms with Gasteiger partial charge in [0.05, 0.1) is 11.8 Å². The van der Waals surface area contributed by atoms with Crippen molar-refractivity contribution in [3.8, 4) is 0 Å². The molecule has 1 N–H and O–H groups in total. The molecular formula is C15H16N2O3. The molecule has 0 aliphatic carbocycles. The van der Waals surface area contributed by atoms with E-state index in [1.165, 1.54) is 17.4 Å². The highest BCUT2D eigenvalue weighted by atomic mass is 16.3. The highest BCUT2D eigenvalue weighted by Crippen LogP contribution is 2.07. The number of nitrogens with one attached hydrogen (secondary N) is 1. The molecule has 1 aromatic carbocycles. The van der Waals surface area contributed by atoms with Crippen molar-refractivity contribution < 1.29 is 14.0 Å². The third kappa shape index (κ3) is 3.71. The molecule has 0 bridgehead atoms. The molecule has 0 unspecified atom stereocenters. The van der Waals surface area contributed by atoms with Crippen molar-refractivity contribution in [2.45, 2.75) is 6.42 Å². The van der Waals surface area contributed by atoms with Gasteiger partial charge in [-0.05, 0) is 18.2 Å². The summed E-state index contributed by atoms with van der Waals surface area (Å²) in [7, 11) is 1.66. The molecule has 0 aliphatic heterocycles. The zero-order valence-corrected chi connectivity index (χ0v) is 11.2. The van der Waals surface area contributed by atoms with E-state index in [0.29, 0.717) is 12.1 Å². The topological polar surface area (TPSA) is 62.6 Å². The quantitative estimate of drug-likeness (QED) is 0.909. The van der Waals surface area contributed by atoms with Crippen molar-refractivity contribution in [3.63, 3.8) is 0 Å². The molecule has 1 heterocycles. The number of rotatable bonds is 5. The molecule has 0 aliphatic rings. The number of anilines is 1. The molecule has 104 valence electrons. The van der Waals surface area contributed by atoms with Crippen molar-refractivity contribution in [1.82, 2.24) is 4.90 Å². The van der Waals surface area contributed by atoms with E-state index >= 15 is 0 Å². The number of amides is 2. The first-order chi connectivity index (χ1) is 9.66. The van der Waals surface area contributed by atoms with Gasteiger partial charge in [-0.15, -0.1) is 0 Å². The highest BCUT2D eigenvalue weighted by molar-refractivity contribution is 5.94. The van der Waals surface area contributed by atoms with Crippen molar-refractivity contribution in [2.24, 2.45) is 0 Å². The maximum Gasteiger partial charge on any atom is 0.256 e. The van der Waals surface area contributed by atoms with E-state index in [4.69, 9.17) is 4.42 Å². The van der Waals surface area contributed by atoms with Gasteiger partial charge in [0, 0.05) is 25.7 Å². The minimum absolute atomic E-state index is 0.122. The van der Waals surface area contributed by atoms with Crippen LogP contribution in [0.5, 0.6) is 0 Å². The van der Waals surface area contributed by atoms with Crippen molar-refractivity contribution in [1.29, 1.82) is 0 Å². The normalized spacial score (nSPS) is 10.1. The summed E-state index contributed by atoms with van der Waals surface area (Å²) in [4.78, 5) is 25.2. The van der Waals surface area contributed by atoms with E-state index < -0.39 is 0 Å². The first-order valence-electron chi connectivity index (χ1n) is 6.29. The Labute approximate surface area is 117 Å². The lowest BCUT2D eigenvalue weighted by Gasteiger charge is -2.15. The second kappa shape index (κ2) is 6.56. The lowest BCUT2D eigenvalue weighted by atomic mass is 10.2. The first-order valence-corrected chi connectivity index (χ1v) is 6.29. The Morgan fingerprint density at radius 3 is 2.60 bits per heavy atom. The van der Waals surface area contributed by atoms with Gasteiger partial charge in [0.25, 0.3) is 5.91 Å². The molecule has 2 rings (SSSR count). The average Bonchev–Trinajstić information content (AvgIpc) is 2.99. The minimum Gasteiger partial charge on any atom is -0.472 e. The second-order valence-electron chi connectivity index (χ2n) is 4.40. The maximum atomic E-state index is 11.9. The van der Waals surface area contributed by atoms with Gasteiger partial charge in [-0.3, -0.25) is 9.59 Å². The molecule has 0 fully saturated rings. The SMILES string of the molecule is CN(CCC(=O)Nc1ccccc1)C(=O)c1ccoc1. The molecule has 0 saturated carbocycles. The number of hydrogen-bond acceptors (Lipinski definition) is 3. The molecule has 1 aromatic heterocycles. The maximum absolute atomic E-state index is 11.9. The molecule has 0 saturated heterocycles. The van der Waals surface area contributed by atoms with E-state index in [-0.39, 0.29) is 18.2 Å². The monoisotopic (exact) mass is 272 g/mol. The molecule has 2 aromatic rings. The highest BCUT2D eigenvalue weighted by Gasteiger charge is 2.13. The molecule has 20 heavy (non-hydrogen) atoms. The van der Waals surface area contributed by atoms with Crippen LogP contribution in [0.25, 0.3) is 0 Å². The van der Waals surface area contributed by atoms with Crippen LogP contribution >= 0.6 is 0 Å². The Kier molecular flexibility index (Phi) is 4.55. The van der Waals surface area contributed by atoms with E-state index in [1.54, 1.807) is 13.1 Å². The standard InChI is InChI=1S/C15H16N2O3/c1-17(15(19)12-8-10-20-11-12)9-7-14(18)16-13-5-3-2-4-6-13/h2-6,8,10-11H,7,9H2,1H3,(H,16,18). The smallest absolute Gasteiger partial charge is 0.256 e. The number of hydrogen-bond donors (Lipinski definition) is 1. The van der Waals surface area contributed by atoms with Crippen LogP contribution in [0.1, 0.15) is 16.8 Å². The van der Waals surface area contributed by atoms with Crippen molar-refractivity contribution >= 4 is 17.5 Å². The lowest BCUT2D eigenvalue weighted by molar-refractivity contribution is -0.116. The van der Waals surface area contributed by atoms with Gasteiger partial charge in [-0.25, -0.2) is 0 Å². The van der Waals surface area contributed by atoms with Crippen molar-refractivity contribution in [2.75, 3.05) is 18.9 Å². The summed E-state index contributed by atoms with van der Waals surface area (Å²) in [5, 5.41) is 2.78. The predicted molar refractivity (Wildman–Crippen MR) is 75.4 cm³/mol. The van der Waals surface area contributed by atoms with E-state index in [2.05, 4.69) is 5.32 Å². The van der Waals surface area contributed by atoms with Gasteiger partial charge in [0.1, 0.15) is 6.26 Å². The fourth-order valence-corrected chi connectivity index (χ4v) is 1.72. The molecule has 0 atom stereocenters. The Morgan fingerprint density at radius 2 is 1.95 bits per heavy atom. The van der Waals surface area contributed by atoms with Crippen LogP contribution in [0.2, 0.25) is 0 Å². The van der Waals surface area contributed by atoms with Crippen molar-refractivity contribution in [3.05, 3.63) is 54.5 Å². The summed E-state index contributed by atoms with van der Waals surface area (Å²) in [6.45, 7) is 0.350. The predicted octanol–water partition coefficient (Wildman–Crippen LogP) is 2.38. The fraction of sp³-hybridized carbons (Fsp3) is 0.200. The summed E-state index contributed by atoms with van der Waals surface area (Å²) in [5.74, 6) is -0.283. The largest absolute Gasteiger partial charge is 0.472 e. The number of para-hydroxylation sites is 1. The molecule has 2 amide bonds. The molecule has 5 nitrogen and oxygen atoms in total. The second-order valence-corrected chi connectivity index (χ2v) is 4.40. The Morgan fingerprint density at radius 1 is 1.20 bits per heavy atom. The zero-order chi connectivity index (χ0) is 14.4.